The Morgan fingerprint density at radius 2 is 1.67 bits per heavy atom. The smallest absolute Gasteiger partial charge is 0.416 e. The maximum atomic E-state index is 12.6. The predicted octanol–water partition coefficient (Wildman–Crippen LogP) is 3.73. The van der Waals surface area contributed by atoms with Gasteiger partial charge in [0.05, 0.1) is 11.6 Å². The molecule has 5 nitrogen and oxygen atoms in total. The molecule has 1 atom stereocenters. The Balaban J connectivity index is 1.40. The number of rotatable bonds is 7. The Labute approximate surface area is 174 Å². The van der Waals surface area contributed by atoms with Crippen LogP contribution in [0.1, 0.15) is 12.5 Å². The van der Waals surface area contributed by atoms with Gasteiger partial charge in [-0.25, -0.2) is 0 Å². The lowest BCUT2D eigenvalue weighted by atomic mass is 10.2. The number of piperazine rings is 1. The maximum Gasteiger partial charge on any atom is 0.416 e. The highest BCUT2D eigenvalue weighted by Crippen LogP contribution is 2.29. The molecule has 0 spiro atoms. The van der Waals surface area contributed by atoms with Gasteiger partial charge in [-0.15, -0.1) is 0 Å². The molecule has 162 valence electrons. The number of nitrogens with one attached hydrogen (secondary N) is 1. The van der Waals surface area contributed by atoms with Gasteiger partial charge in [-0.1, -0.05) is 18.2 Å². The van der Waals surface area contributed by atoms with Crippen LogP contribution in [0, 0.1) is 0 Å². The third kappa shape index (κ3) is 6.21. The number of nitrogens with zero attached hydrogens (tertiary/aromatic N) is 2. The van der Waals surface area contributed by atoms with Crippen LogP contribution in [0.25, 0.3) is 0 Å². The van der Waals surface area contributed by atoms with Gasteiger partial charge in [0, 0.05) is 38.4 Å². The number of hydrogen-bond donors (Lipinski definition) is 1. The van der Waals surface area contributed by atoms with Crippen molar-refractivity contribution in [3.05, 3.63) is 60.2 Å². The largest absolute Gasteiger partial charge is 0.492 e. The van der Waals surface area contributed by atoms with Crippen molar-refractivity contribution < 1.29 is 22.7 Å². The first-order chi connectivity index (χ1) is 14.3. The molecule has 2 aromatic carbocycles. The third-order valence-electron chi connectivity index (χ3n) is 5.23. The normalized spacial score (nSPS) is 16.8. The summed E-state index contributed by atoms with van der Waals surface area (Å²) in [7, 11) is 0. The van der Waals surface area contributed by atoms with Gasteiger partial charge in [-0.3, -0.25) is 14.6 Å². The summed E-state index contributed by atoms with van der Waals surface area (Å²) in [6, 6.07) is 13.8. The highest BCUT2D eigenvalue weighted by atomic mass is 19.4. The van der Waals surface area contributed by atoms with Crippen molar-refractivity contribution in [1.29, 1.82) is 0 Å². The molecule has 1 unspecified atom stereocenters. The molecule has 1 amide bonds. The van der Waals surface area contributed by atoms with Gasteiger partial charge < -0.3 is 10.1 Å². The molecule has 0 saturated carbocycles. The van der Waals surface area contributed by atoms with Crippen molar-refractivity contribution in [2.45, 2.75) is 19.1 Å². The predicted molar refractivity (Wildman–Crippen MR) is 109 cm³/mol. The standard InChI is InChI=1S/C22H26F3N3O2/c1-17(21(29)26-19-9-7-18(8-10-19)22(23,24)25)28-13-11-27(12-14-28)15-16-30-20-5-3-2-4-6-20/h2-10,17H,11-16H2,1H3,(H,26,29). The van der Waals surface area contributed by atoms with Crippen molar-refractivity contribution in [1.82, 2.24) is 9.80 Å². The lowest BCUT2D eigenvalue weighted by molar-refractivity contribution is -0.137. The number of ether oxygens (including phenoxy) is 1. The lowest BCUT2D eigenvalue weighted by Gasteiger charge is -2.37. The fraction of sp³-hybridized carbons (Fsp3) is 0.409. The van der Waals surface area contributed by atoms with Gasteiger partial charge in [0.25, 0.3) is 0 Å². The molecule has 2 aromatic rings. The first-order valence-electron chi connectivity index (χ1n) is 9.95. The van der Waals surface area contributed by atoms with Crippen molar-refractivity contribution in [2.24, 2.45) is 0 Å². The zero-order valence-electron chi connectivity index (χ0n) is 16.9. The number of amides is 1. The number of benzene rings is 2. The van der Waals surface area contributed by atoms with Crippen molar-refractivity contribution in [2.75, 3.05) is 44.6 Å². The molecule has 1 aliphatic heterocycles. The van der Waals surface area contributed by atoms with Crippen LogP contribution in [0.3, 0.4) is 0 Å². The number of alkyl halides is 3. The van der Waals surface area contributed by atoms with E-state index in [1.165, 1.54) is 12.1 Å². The molecule has 0 aromatic heterocycles. The number of hydrogen-bond acceptors (Lipinski definition) is 4. The Morgan fingerprint density at radius 1 is 1.03 bits per heavy atom. The van der Waals surface area contributed by atoms with E-state index in [1.807, 2.05) is 37.3 Å². The molecule has 1 N–H and O–H groups in total. The van der Waals surface area contributed by atoms with Crippen LogP contribution in [0.2, 0.25) is 0 Å². The Morgan fingerprint density at radius 3 is 2.27 bits per heavy atom. The first-order valence-corrected chi connectivity index (χ1v) is 9.95. The molecule has 1 aliphatic rings. The van der Waals surface area contributed by atoms with Gasteiger partial charge in [-0.2, -0.15) is 13.2 Å². The van der Waals surface area contributed by atoms with E-state index in [1.54, 1.807) is 0 Å². The van der Waals surface area contributed by atoms with Crippen molar-refractivity contribution >= 4 is 11.6 Å². The van der Waals surface area contributed by atoms with Gasteiger partial charge >= 0.3 is 6.18 Å². The number of anilines is 1. The van der Waals surface area contributed by atoms with Gasteiger partial charge in [0.2, 0.25) is 5.91 Å². The molecule has 0 radical (unpaired) electrons. The van der Waals surface area contributed by atoms with Crippen LogP contribution in [0.5, 0.6) is 5.75 Å². The summed E-state index contributed by atoms with van der Waals surface area (Å²) in [4.78, 5) is 16.9. The van der Waals surface area contributed by atoms with E-state index in [0.29, 0.717) is 12.3 Å². The molecular formula is C22H26F3N3O2. The second kappa shape index (κ2) is 9.95. The molecule has 1 fully saturated rings. The van der Waals surface area contributed by atoms with Gasteiger partial charge in [-0.05, 0) is 43.3 Å². The monoisotopic (exact) mass is 421 g/mol. The summed E-state index contributed by atoms with van der Waals surface area (Å²) in [6.07, 6.45) is -4.39. The SMILES string of the molecule is CC(C(=O)Nc1ccc(C(F)(F)F)cc1)N1CCN(CCOc2ccccc2)CC1. The zero-order valence-corrected chi connectivity index (χ0v) is 16.9. The van der Waals surface area contributed by atoms with E-state index in [9.17, 15) is 18.0 Å². The maximum absolute atomic E-state index is 12.6. The molecule has 1 saturated heterocycles. The number of para-hydroxylation sites is 1. The quantitative estimate of drug-likeness (QED) is 0.740. The van der Waals surface area contributed by atoms with E-state index in [-0.39, 0.29) is 11.9 Å². The molecule has 0 bridgehead atoms. The van der Waals surface area contributed by atoms with Crippen molar-refractivity contribution in [3.8, 4) is 5.75 Å². The minimum absolute atomic E-state index is 0.226. The average Bonchev–Trinajstić information content (AvgIpc) is 2.74. The van der Waals surface area contributed by atoms with Crippen LogP contribution in [0.15, 0.2) is 54.6 Å². The highest BCUT2D eigenvalue weighted by Gasteiger charge is 2.30. The fourth-order valence-corrected chi connectivity index (χ4v) is 3.34. The van der Waals surface area contributed by atoms with Crippen LogP contribution in [0.4, 0.5) is 18.9 Å². The van der Waals surface area contributed by atoms with Crippen LogP contribution in [-0.4, -0.2) is 61.1 Å². The van der Waals surface area contributed by atoms with Gasteiger partial charge in [0.1, 0.15) is 12.4 Å². The summed E-state index contributed by atoms with van der Waals surface area (Å²) in [5.74, 6) is 0.625. The van der Waals surface area contributed by atoms with E-state index >= 15 is 0 Å². The van der Waals surface area contributed by atoms with Crippen molar-refractivity contribution in [3.63, 3.8) is 0 Å². The number of carbonyl (C=O) groups excluding carboxylic acids is 1. The minimum atomic E-state index is -4.39. The van der Waals surface area contributed by atoms with Crippen LogP contribution < -0.4 is 10.1 Å². The van der Waals surface area contributed by atoms with Crippen LogP contribution in [-0.2, 0) is 11.0 Å². The number of carbonyl (C=O) groups is 1. The topological polar surface area (TPSA) is 44.8 Å². The first kappa shape index (κ1) is 22.1. The molecule has 0 aliphatic carbocycles. The lowest BCUT2D eigenvalue weighted by Crippen LogP contribution is -2.53. The molecule has 3 rings (SSSR count). The Bertz CT molecular complexity index is 805. The molecule has 1 heterocycles. The highest BCUT2D eigenvalue weighted by molar-refractivity contribution is 5.94. The third-order valence-corrected chi connectivity index (χ3v) is 5.23. The second-order valence-corrected chi connectivity index (χ2v) is 7.28. The fourth-order valence-electron chi connectivity index (χ4n) is 3.34. The zero-order chi connectivity index (χ0) is 21.6. The summed E-state index contributed by atoms with van der Waals surface area (Å²) >= 11 is 0. The Hall–Kier alpha value is -2.58. The van der Waals surface area contributed by atoms with Crippen LogP contribution >= 0.6 is 0 Å². The van der Waals surface area contributed by atoms with Gasteiger partial charge in [0.15, 0.2) is 0 Å². The second-order valence-electron chi connectivity index (χ2n) is 7.28. The molecule has 30 heavy (non-hydrogen) atoms. The average molecular weight is 421 g/mol. The Kier molecular flexibility index (Phi) is 7.33. The summed E-state index contributed by atoms with van der Waals surface area (Å²) in [5.41, 5.74) is -0.377. The molecule has 8 heteroatoms. The minimum Gasteiger partial charge on any atom is -0.492 e. The van der Waals surface area contributed by atoms with E-state index < -0.39 is 11.7 Å². The molecular weight excluding hydrogens is 395 g/mol. The summed E-state index contributed by atoms with van der Waals surface area (Å²) in [6.45, 7) is 6.38. The summed E-state index contributed by atoms with van der Waals surface area (Å²) in [5, 5.41) is 2.70. The van der Waals surface area contributed by atoms with E-state index in [4.69, 9.17) is 4.74 Å². The summed E-state index contributed by atoms with van der Waals surface area (Å²) < 4.78 is 43.7. The number of halogens is 3. The van der Waals surface area contributed by atoms with E-state index in [0.717, 1.165) is 50.6 Å². The van der Waals surface area contributed by atoms with E-state index in [2.05, 4.69) is 15.1 Å².